The highest BCUT2D eigenvalue weighted by molar-refractivity contribution is 7.07. The van der Waals surface area contributed by atoms with Gasteiger partial charge in [-0.3, -0.25) is 4.79 Å². The first-order valence-corrected chi connectivity index (χ1v) is 7.08. The van der Waals surface area contributed by atoms with Crippen molar-refractivity contribution in [1.29, 1.82) is 0 Å². The third-order valence-electron chi connectivity index (χ3n) is 3.44. The molecule has 1 aliphatic rings. The van der Waals surface area contributed by atoms with Gasteiger partial charge in [0.25, 0.3) is 0 Å². The number of nitrogens with zero attached hydrogens (tertiary/aromatic N) is 1. The van der Waals surface area contributed by atoms with Gasteiger partial charge in [-0.2, -0.15) is 11.3 Å². The van der Waals surface area contributed by atoms with E-state index < -0.39 is 0 Å². The zero-order valence-corrected chi connectivity index (χ0v) is 11.3. The third-order valence-corrected chi connectivity index (χ3v) is 4.17. The summed E-state index contributed by atoms with van der Waals surface area (Å²) in [5, 5.41) is 7.51. The van der Waals surface area contributed by atoms with Crippen molar-refractivity contribution >= 4 is 17.2 Å². The molecule has 1 aromatic rings. The maximum Gasteiger partial charge on any atom is 0.242 e. The fourth-order valence-electron chi connectivity index (χ4n) is 2.39. The van der Waals surface area contributed by atoms with Gasteiger partial charge in [0.2, 0.25) is 5.91 Å². The van der Waals surface area contributed by atoms with E-state index in [0.29, 0.717) is 6.54 Å². The van der Waals surface area contributed by atoms with Gasteiger partial charge in [-0.25, -0.2) is 0 Å². The lowest BCUT2D eigenvalue weighted by molar-refractivity contribution is -0.137. The highest BCUT2D eigenvalue weighted by Crippen LogP contribution is 2.21. The van der Waals surface area contributed by atoms with E-state index in [1.54, 1.807) is 11.3 Å². The molecule has 1 amide bonds. The minimum Gasteiger partial charge on any atom is -0.340 e. The van der Waals surface area contributed by atoms with Gasteiger partial charge in [-0.15, -0.1) is 0 Å². The van der Waals surface area contributed by atoms with Gasteiger partial charge < -0.3 is 10.2 Å². The molecule has 1 fully saturated rings. The van der Waals surface area contributed by atoms with Gasteiger partial charge in [0.15, 0.2) is 0 Å². The molecule has 0 saturated carbocycles. The first-order chi connectivity index (χ1) is 8.12. The van der Waals surface area contributed by atoms with Crippen LogP contribution in [0.25, 0.3) is 0 Å². The van der Waals surface area contributed by atoms with E-state index in [1.165, 1.54) is 12.0 Å². The smallest absolute Gasteiger partial charge is 0.242 e. The Balaban J connectivity index is 1.98. The number of hydrogen-bond acceptors (Lipinski definition) is 3. The highest BCUT2D eigenvalue weighted by Gasteiger charge is 2.36. The average Bonchev–Trinajstić information content (AvgIpc) is 2.81. The molecule has 4 heteroatoms. The van der Waals surface area contributed by atoms with Crippen LogP contribution in [0.15, 0.2) is 16.8 Å². The van der Waals surface area contributed by atoms with Crippen molar-refractivity contribution in [2.45, 2.75) is 38.3 Å². The van der Waals surface area contributed by atoms with E-state index in [9.17, 15) is 4.79 Å². The Morgan fingerprint density at radius 1 is 1.59 bits per heavy atom. The van der Waals surface area contributed by atoms with Crippen LogP contribution in [0.4, 0.5) is 0 Å². The third kappa shape index (κ3) is 2.87. The molecule has 1 atom stereocenters. The van der Waals surface area contributed by atoms with Gasteiger partial charge >= 0.3 is 0 Å². The Kier molecular flexibility index (Phi) is 3.84. The van der Waals surface area contributed by atoms with Gasteiger partial charge in [-0.05, 0) is 55.1 Å². The summed E-state index contributed by atoms with van der Waals surface area (Å²) in [6.07, 6.45) is 3.26. The van der Waals surface area contributed by atoms with Crippen molar-refractivity contribution in [2.24, 2.45) is 0 Å². The fourth-order valence-corrected chi connectivity index (χ4v) is 3.05. The summed E-state index contributed by atoms with van der Waals surface area (Å²) in [4.78, 5) is 14.2. The summed E-state index contributed by atoms with van der Waals surface area (Å²) in [5.41, 5.74) is 0.855. The molecular formula is C13H20N2OS. The summed E-state index contributed by atoms with van der Waals surface area (Å²) in [7, 11) is 1.89. The molecule has 0 aliphatic carbocycles. The number of amides is 1. The second-order valence-electron chi connectivity index (χ2n) is 5.01. The molecule has 1 saturated heterocycles. The fraction of sp³-hybridized carbons (Fsp3) is 0.615. The molecule has 1 aliphatic heterocycles. The molecule has 2 heterocycles. The second kappa shape index (κ2) is 5.19. The largest absolute Gasteiger partial charge is 0.340 e. The Labute approximate surface area is 107 Å². The SMILES string of the molecule is CN(Cc1ccsc1)C(=O)C1(C)CCCCN1. The maximum absolute atomic E-state index is 12.4. The quantitative estimate of drug-likeness (QED) is 0.895. The number of hydrogen-bond donors (Lipinski definition) is 1. The minimum absolute atomic E-state index is 0.211. The molecule has 94 valence electrons. The molecule has 1 N–H and O–H groups in total. The molecule has 0 radical (unpaired) electrons. The van der Waals surface area contributed by atoms with Crippen LogP contribution in [0, 0.1) is 0 Å². The lowest BCUT2D eigenvalue weighted by Crippen LogP contribution is -2.57. The molecule has 0 spiro atoms. The van der Waals surface area contributed by atoms with Gasteiger partial charge in [-0.1, -0.05) is 0 Å². The first-order valence-electron chi connectivity index (χ1n) is 6.13. The van der Waals surface area contributed by atoms with Crippen molar-refractivity contribution in [1.82, 2.24) is 10.2 Å². The lowest BCUT2D eigenvalue weighted by atomic mass is 9.89. The van der Waals surface area contributed by atoms with Crippen LogP contribution in [0.1, 0.15) is 31.7 Å². The molecule has 2 rings (SSSR count). The Morgan fingerprint density at radius 3 is 3.00 bits per heavy atom. The molecule has 17 heavy (non-hydrogen) atoms. The first kappa shape index (κ1) is 12.6. The number of carbonyl (C=O) groups excluding carboxylic acids is 1. The van der Waals surface area contributed by atoms with Crippen molar-refractivity contribution in [2.75, 3.05) is 13.6 Å². The van der Waals surface area contributed by atoms with Crippen LogP contribution in [0.3, 0.4) is 0 Å². The number of piperidine rings is 1. The van der Waals surface area contributed by atoms with Gasteiger partial charge in [0, 0.05) is 13.6 Å². The Morgan fingerprint density at radius 2 is 2.41 bits per heavy atom. The molecular weight excluding hydrogens is 232 g/mol. The number of rotatable bonds is 3. The number of thiophene rings is 1. The van der Waals surface area contributed by atoms with Crippen LogP contribution in [0.2, 0.25) is 0 Å². The highest BCUT2D eigenvalue weighted by atomic mass is 32.1. The predicted molar refractivity (Wildman–Crippen MR) is 71.1 cm³/mol. The van der Waals surface area contributed by atoms with Crippen LogP contribution < -0.4 is 5.32 Å². The standard InChI is InChI=1S/C13H20N2OS/c1-13(6-3-4-7-14-13)12(16)15(2)9-11-5-8-17-10-11/h5,8,10,14H,3-4,6-7,9H2,1-2H3. The van der Waals surface area contributed by atoms with Crippen molar-refractivity contribution in [3.63, 3.8) is 0 Å². The zero-order chi connectivity index (χ0) is 12.3. The van der Waals surface area contributed by atoms with Gasteiger partial charge in [0.1, 0.15) is 0 Å². The van der Waals surface area contributed by atoms with E-state index in [-0.39, 0.29) is 11.4 Å². The Hall–Kier alpha value is -0.870. The predicted octanol–water partition coefficient (Wildman–Crippen LogP) is 2.24. The normalized spacial score (nSPS) is 24.6. The lowest BCUT2D eigenvalue weighted by Gasteiger charge is -2.36. The maximum atomic E-state index is 12.4. The van der Waals surface area contributed by atoms with Crippen LogP contribution in [-0.4, -0.2) is 29.9 Å². The second-order valence-corrected chi connectivity index (χ2v) is 5.79. The summed E-state index contributed by atoms with van der Waals surface area (Å²) in [6.45, 7) is 3.69. The van der Waals surface area contributed by atoms with Crippen LogP contribution in [0.5, 0.6) is 0 Å². The minimum atomic E-state index is -0.358. The van der Waals surface area contributed by atoms with E-state index >= 15 is 0 Å². The zero-order valence-electron chi connectivity index (χ0n) is 10.5. The summed E-state index contributed by atoms with van der Waals surface area (Å²) < 4.78 is 0. The summed E-state index contributed by atoms with van der Waals surface area (Å²) in [6, 6.07) is 2.07. The number of carbonyl (C=O) groups is 1. The van der Waals surface area contributed by atoms with E-state index in [4.69, 9.17) is 0 Å². The van der Waals surface area contributed by atoms with Crippen molar-refractivity contribution < 1.29 is 4.79 Å². The Bertz CT molecular complexity index is 369. The topological polar surface area (TPSA) is 32.3 Å². The number of likely N-dealkylation sites (N-methyl/N-ethyl adjacent to an activating group) is 1. The van der Waals surface area contributed by atoms with E-state index in [2.05, 4.69) is 16.8 Å². The van der Waals surface area contributed by atoms with E-state index in [0.717, 1.165) is 19.4 Å². The molecule has 3 nitrogen and oxygen atoms in total. The summed E-state index contributed by atoms with van der Waals surface area (Å²) >= 11 is 1.67. The monoisotopic (exact) mass is 252 g/mol. The molecule has 0 bridgehead atoms. The van der Waals surface area contributed by atoms with E-state index in [1.807, 2.05) is 24.3 Å². The average molecular weight is 252 g/mol. The van der Waals surface area contributed by atoms with Crippen LogP contribution in [-0.2, 0) is 11.3 Å². The van der Waals surface area contributed by atoms with Gasteiger partial charge in [0.05, 0.1) is 5.54 Å². The number of nitrogens with one attached hydrogen (secondary N) is 1. The van der Waals surface area contributed by atoms with Crippen LogP contribution >= 0.6 is 11.3 Å². The molecule has 0 aromatic carbocycles. The molecule has 1 unspecified atom stereocenters. The van der Waals surface area contributed by atoms with Crippen molar-refractivity contribution in [3.05, 3.63) is 22.4 Å². The molecule has 1 aromatic heterocycles. The van der Waals surface area contributed by atoms with Crippen molar-refractivity contribution in [3.8, 4) is 0 Å². The summed E-state index contributed by atoms with van der Waals surface area (Å²) in [5.74, 6) is 0.211.